The van der Waals surface area contributed by atoms with E-state index in [9.17, 15) is 22.4 Å². The first-order valence-electron chi connectivity index (χ1n) is 13.2. The number of hydrogen-bond acceptors (Lipinski definition) is 4. The molecular formula is C30H33ClFN3O4S. The van der Waals surface area contributed by atoms with Crippen LogP contribution >= 0.6 is 11.6 Å². The lowest BCUT2D eigenvalue weighted by atomic mass is 10.1. The predicted molar refractivity (Wildman–Crippen MR) is 154 cm³/mol. The summed E-state index contributed by atoms with van der Waals surface area (Å²) in [6.45, 7) is 2.76. The van der Waals surface area contributed by atoms with E-state index in [0.29, 0.717) is 10.6 Å². The molecule has 1 fully saturated rings. The number of amides is 2. The largest absolute Gasteiger partial charge is 0.352 e. The molecule has 40 heavy (non-hydrogen) atoms. The SMILES string of the molecule is Cc1ccc(S(=O)(=O)N(CC(=O)N(Cc2ccc(Cl)cc2)[C@@H](C)C(=O)NC2CCCC2)c2ccccc2F)cc1. The second-order valence-corrected chi connectivity index (χ2v) is 12.4. The molecule has 1 atom stereocenters. The van der Waals surface area contributed by atoms with E-state index >= 15 is 0 Å². The number of benzene rings is 3. The minimum atomic E-state index is -4.34. The van der Waals surface area contributed by atoms with Crippen LogP contribution in [0.15, 0.2) is 77.7 Å². The number of nitrogens with zero attached hydrogens (tertiary/aromatic N) is 2. The molecule has 0 spiro atoms. The van der Waals surface area contributed by atoms with Crippen LogP contribution in [-0.4, -0.2) is 43.8 Å². The minimum absolute atomic E-state index is 0.0327. The Morgan fingerprint density at radius 1 is 1.00 bits per heavy atom. The Labute approximate surface area is 240 Å². The molecule has 3 aromatic rings. The second-order valence-electron chi connectivity index (χ2n) is 10.1. The van der Waals surface area contributed by atoms with Gasteiger partial charge in [-0.15, -0.1) is 0 Å². The van der Waals surface area contributed by atoms with E-state index in [2.05, 4.69) is 5.32 Å². The Morgan fingerprint density at radius 3 is 2.25 bits per heavy atom. The fourth-order valence-electron chi connectivity index (χ4n) is 4.77. The number of rotatable bonds is 10. The maximum Gasteiger partial charge on any atom is 0.264 e. The topological polar surface area (TPSA) is 86.8 Å². The first-order valence-corrected chi connectivity index (χ1v) is 15.1. The van der Waals surface area contributed by atoms with Crippen molar-refractivity contribution in [1.29, 1.82) is 0 Å². The third-order valence-corrected chi connectivity index (χ3v) is 9.17. The van der Waals surface area contributed by atoms with E-state index in [0.717, 1.165) is 41.6 Å². The smallest absolute Gasteiger partial charge is 0.264 e. The van der Waals surface area contributed by atoms with Crippen LogP contribution in [0.3, 0.4) is 0 Å². The van der Waals surface area contributed by atoms with Crippen LogP contribution in [-0.2, 0) is 26.2 Å². The van der Waals surface area contributed by atoms with Gasteiger partial charge in [0.05, 0.1) is 10.6 Å². The molecule has 1 saturated carbocycles. The van der Waals surface area contributed by atoms with E-state index in [4.69, 9.17) is 11.6 Å². The summed E-state index contributed by atoms with van der Waals surface area (Å²) in [4.78, 5) is 28.4. The average molecular weight is 586 g/mol. The van der Waals surface area contributed by atoms with Crippen LogP contribution in [0.25, 0.3) is 0 Å². The molecule has 1 N–H and O–H groups in total. The van der Waals surface area contributed by atoms with Gasteiger partial charge in [0.1, 0.15) is 18.4 Å². The van der Waals surface area contributed by atoms with Gasteiger partial charge < -0.3 is 10.2 Å². The maximum absolute atomic E-state index is 15.0. The monoisotopic (exact) mass is 585 g/mol. The summed E-state index contributed by atoms with van der Waals surface area (Å²) in [6.07, 6.45) is 3.81. The summed E-state index contributed by atoms with van der Waals surface area (Å²) in [5.74, 6) is -1.77. The number of anilines is 1. The predicted octanol–water partition coefficient (Wildman–Crippen LogP) is 5.46. The lowest BCUT2D eigenvalue weighted by Crippen LogP contribution is -2.52. The van der Waals surface area contributed by atoms with Gasteiger partial charge >= 0.3 is 0 Å². The zero-order valence-corrected chi connectivity index (χ0v) is 24.1. The molecule has 0 aliphatic heterocycles. The molecule has 0 bridgehead atoms. The molecule has 1 aliphatic carbocycles. The second kappa shape index (κ2) is 12.8. The number of hydrogen-bond donors (Lipinski definition) is 1. The number of para-hydroxylation sites is 1. The average Bonchev–Trinajstić information content (AvgIpc) is 3.44. The fourth-order valence-corrected chi connectivity index (χ4v) is 6.31. The van der Waals surface area contributed by atoms with Gasteiger partial charge in [-0.1, -0.05) is 66.4 Å². The van der Waals surface area contributed by atoms with Crippen molar-refractivity contribution in [3.8, 4) is 0 Å². The molecule has 1 aliphatic rings. The van der Waals surface area contributed by atoms with Gasteiger partial charge in [0.15, 0.2) is 0 Å². The zero-order valence-electron chi connectivity index (χ0n) is 22.5. The van der Waals surface area contributed by atoms with E-state index < -0.39 is 34.3 Å². The van der Waals surface area contributed by atoms with Crippen molar-refractivity contribution in [2.45, 2.75) is 63.1 Å². The highest BCUT2D eigenvalue weighted by Gasteiger charge is 2.34. The number of halogens is 2. The lowest BCUT2D eigenvalue weighted by molar-refractivity contribution is -0.139. The molecule has 3 aromatic carbocycles. The van der Waals surface area contributed by atoms with Crippen molar-refractivity contribution in [1.82, 2.24) is 10.2 Å². The van der Waals surface area contributed by atoms with Gasteiger partial charge in [-0.2, -0.15) is 0 Å². The van der Waals surface area contributed by atoms with Crippen molar-refractivity contribution in [3.63, 3.8) is 0 Å². The normalized spacial score (nSPS) is 14.5. The van der Waals surface area contributed by atoms with Crippen LogP contribution in [0, 0.1) is 12.7 Å². The van der Waals surface area contributed by atoms with Crippen molar-refractivity contribution >= 4 is 39.1 Å². The first kappa shape index (κ1) is 29.6. The number of carbonyl (C=O) groups is 2. The minimum Gasteiger partial charge on any atom is -0.352 e. The van der Waals surface area contributed by atoms with E-state index in [1.165, 1.54) is 35.2 Å². The summed E-state index contributed by atoms with van der Waals surface area (Å²) in [7, 11) is -4.34. The Bertz CT molecular complexity index is 1440. The number of nitrogens with one attached hydrogen (secondary N) is 1. The van der Waals surface area contributed by atoms with Crippen molar-refractivity contribution in [2.75, 3.05) is 10.8 Å². The van der Waals surface area contributed by atoms with Crippen LogP contribution in [0.1, 0.15) is 43.7 Å². The highest BCUT2D eigenvalue weighted by molar-refractivity contribution is 7.92. The molecule has 2 amide bonds. The summed E-state index contributed by atoms with van der Waals surface area (Å²) in [6, 6.07) is 17.5. The molecule has 0 aromatic heterocycles. The quantitative estimate of drug-likeness (QED) is 0.342. The highest BCUT2D eigenvalue weighted by atomic mass is 35.5. The molecule has 0 heterocycles. The summed E-state index contributed by atoms with van der Waals surface area (Å²) >= 11 is 6.03. The third-order valence-electron chi connectivity index (χ3n) is 7.14. The van der Waals surface area contributed by atoms with Gasteiger partial charge in [-0.25, -0.2) is 12.8 Å². The zero-order chi connectivity index (χ0) is 28.9. The van der Waals surface area contributed by atoms with E-state index in [-0.39, 0.29) is 29.1 Å². The molecular weight excluding hydrogens is 553 g/mol. The van der Waals surface area contributed by atoms with Crippen molar-refractivity contribution < 1.29 is 22.4 Å². The molecule has 0 saturated heterocycles. The van der Waals surface area contributed by atoms with Crippen molar-refractivity contribution in [2.24, 2.45) is 0 Å². The van der Waals surface area contributed by atoms with Crippen LogP contribution in [0.2, 0.25) is 5.02 Å². The summed E-state index contributed by atoms with van der Waals surface area (Å²) < 4.78 is 43.3. The maximum atomic E-state index is 15.0. The van der Waals surface area contributed by atoms with Crippen LogP contribution in [0.4, 0.5) is 10.1 Å². The molecule has 212 valence electrons. The number of sulfonamides is 1. The molecule has 10 heteroatoms. The van der Waals surface area contributed by atoms with Crippen LogP contribution in [0.5, 0.6) is 0 Å². The molecule has 4 rings (SSSR count). The highest BCUT2D eigenvalue weighted by Crippen LogP contribution is 2.27. The van der Waals surface area contributed by atoms with Crippen molar-refractivity contribution in [3.05, 3.63) is 94.8 Å². The van der Waals surface area contributed by atoms with E-state index in [1.807, 2.05) is 6.92 Å². The summed E-state index contributed by atoms with van der Waals surface area (Å²) in [5, 5.41) is 3.54. The van der Waals surface area contributed by atoms with E-state index in [1.54, 1.807) is 43.3 Å². The van der Waals surface area contributed by atoms with Gasteiger partial charge in [0.25, 0.3) is 10.0 Å². The molecule has 7 nitrogen and oxygen atoms in total. The fraction of sp³-hybridized carbons (Fsp3) is 0.333. The Kier molecular flexibility index (Phi) is 9.48. The molecule has 0 unspecified atom stereocenters. The van der Waals surface area contributed by atoms with Crippen LogP contribution < -0.4 is 9.62 Å². The van der Waals surface area contributed by atoms with Gasteiger partial charge in [-0.3, -0.25) is 13.9 Å². The lowest BCUT2D eigenvalue weighted by Gasteiger charge is -2.32. The Balaban J connectivity index is 1.69. The first-order chi connectivity index (χ1) is 19.1. The third kappa shape index (κ3) is 7.01. The van der Waals surface area contributed by atoms with Gasteiger partial charge in [0, 0.05) is 17.6 Å². The standard InChI is InChI=1S/C30H33ClFN3O4S/c1-21-11-17-26(18-12-21)40(38,39)35(28-10-6-5-9-27(28)32)20-29(36)34(19-23-13-15-24(31)16-14-23)22(2)30(37)33-25-7-3-4-8-25/h5-6,9-18,22,25H,3-4,7-8,19-20H2,1-2H3,(H,33,37)/t22-/m0/s1. The number of aryl methyl sites for hydroxylation is 1. The molecule has 0 radical (unpaired) electrons. The Hall–Kier alpha value is -3.43. The summed E-state index contributed by atoms with van der Waals surface area (Å²) in [5.41, 5.74) is 1.30. The number of carbonyl (C=O) groups excluding carboxylic acids is 2. The Morgan fingerprint density at radius 2 is 1.62 bits per heavy atom. The van der Waals surface area contributed by atoms with Gasteiger partial charge in [0.2, 0.25) is 11.8 Å². The van der Waals surface area contributed by atoms with Gasteiger partial charge in [-0.05, 0) is 68.7 Å².